The summed E-state index contributed by atoms with van der Waals surface area (Å²) >= 11 is 0. The van der Waals surface area contributed by atoms with E-state index in [9.17, 15) is 0 Å². The summed E-state index contributed by atoms with van der Waals surface area (Å²) in [5.41, 5.74) is 2.17. The maximum Gasteiger partial charge on any atom is 0.245 e. The van der Waals surface area contributed by atoms with Crippen LogP contribution in [0, 0.1) is 0 Å². The third-order valence-corrected chi connectivity index (χ3v) is 5.59. The molecule has 28 heavy (non-hydrogen) atoms. The third-order valence-electron chi connectivity index (χ3n) is 5.59. The van der Waals surface area contributed by atoms with Crippen molar-refractivity contribution in [2.75, 3.05) is 36.4 Å². The van der Waals surface area contributed by atoms with E-state index in [2.05, 4.69) is 41.5 Å². The minimum atomic E-state index is 0.456. The molecule has 1 saturated heterocycles. The van der Waals surface area contributed by atoms with Crippen molar-refractivity contribution in [3.8, 4) is 0 Å². The van der Waals surface area contributed by atoms with Crippen molar-refractivity contribution in [3.05, 3.63) is 30.1 Å². The molecule has 0 aromatic carbocycles. The lowest BCUT2D eigenvalue weighted by atomic mass is 10.2. The Bertz CT molecular complexity index is 916. The van der Waals surface area contributed by atoms with Gasteiger partial charge >= 0.3 is 0 Å². The predicted molar refractivity (Wildman–Crippen MR) is 105 cm³/mol. The molecular weight excluding hydrogens is 356 g/mol. The lowest BCUT2D eigenvalue weighted by Crippen LogP contribution is -2.46. The monoisotopic (exact) mass is 380 g/mol. The van der Waals surface area contributed by atoms with Gasteiger partial charge in [-0.1, -0.05) is 18.9 Å². The quantitative estimate of drug-likeness (QED) is 0.713. The van der Waals surface area contributed by atoms with Gasteiger partial charge in [0.1, 0.15) is 0 Å². The minimum Gasteiger partial charge on any atom is -0.364 e. The van der Waals surface area contributed by atoms with Crippen molar-refractivity contribution in [1.82, 2.24) is 30.2 Å². The zero-order valence-electron chi connectivity index (χ0n) is 15.8. The fourth-order valence-corrected chi connectivity index (χ4v) is 4.08. The van der Waals surface area contributed by atoms with Crippen LogP contribution < -0.4 is 10.2 Å². The summed E-state index contributed by atoms with van der Waals surface area (Å²) in [5, 5.41) is 11.3. The van der Waals surface area contributed by atoms with Gasteiger partial charge < -0.3 is 10.2 Å². The molecule has 1 aliphatic carbocycles. The number of hydrogen-bond acceptors (Lipinski definition) is 9. The lowest BCUT2D eigenvalue weighted by Gasteiger charge is -2.36. The largest absolute Gasteiger partial charge is 0.364 e. The van der Waals surface area contributed by atoms with E-state index in [4.69, 9.17) is 9.61 Å². The van der Waals surface area contributed by atoms with Crippen LogP contribution in [-0.4, -0.2) is 62.4 Å². The molecule has 2 fully saturated rings. The fourth-order valence-electron chi connectivity index (χ4n) is 4.08. The summed E-state index contributed by atoms with van der Waals surface area (Å²) in [6.07, 6.45) is 8.63. The number of pyridine rings is 1. The van der Waals surface area contributed by atoms with Gasteiger partial charge in [0.05, 0.1) is 0 Å². The number of piperazine rings is 1. The Morgan fingerprint density at radius 3 is 2.57 bits per heavy atom. The van der Waals surface area contributed by atoms with Crippen LogP contribution in [0.1, 0.15) is 31.2 Å². The second-order valence-electron chi connectivity index (χ2n) is 7.56. The molecule has 0 bridgehead atoms. The van der Waals surface area contributed by atoms with E-state index < -0.39 is 0 Å². The molecule has 0 atom stereocenters. The summed E-state index contributed by atoms with van der Waals surface area (Å²) in [6, 6.07) is 4.57. The van der Waals surface area contributed by atoms with Crippen molar-refractivity contribution < 1.29 is 4.63 Å². The number of aromatic nitrogens is 5. The average Bonchev–Trinajstić information content (AvgIpc) is 3.40. The SMILES string of the molecule is c1cncc(CN2CCN(c3nc4nonc4nc3NC3CCCC3)CC2)c1. The van der Waals surface area contributed by atoms with Crippen LogP contribution in [0.4, 0.5) is 11.6 Å². The van der Waals surface area contributed by atoms with Crippen LogP contribution in [0.3, 0.4) is 0 Å². The van der Waals surface area contributed by atoms with E-state index in [1.165, 1.54) is 31.2 Å². The van der Waals surface area contributed by atoms with Gasteiger partial charge in [-0.25, -0.2) is 14.6 Å². The molecule has 4 heterocycles. The highest BCUT2D eigenvalue weighted by Gasteiger charge is 2.25. The van der Waals surface area contributed by atoms with Crippen LogP contribution in [0.5, 0.6) is 0 Å². The molecule has 0 radical (unpaired) electrons. The van der Waals surface area contributed by atoms with E-state index in [-0.39, 0.29) is 0 Å². The fraction of sp³-hybridized carbons (Fsp3) is 0.526. The molecule has 9 heteroatoms. The van der Waals surface area contributed by atoms with E-state index in [0.29, 0.717) is 17.3 Å². The van der Waals surface area contributed by atoms with Crippen LogP contribution in [0.15, 0.2) is 29.2 Å². The second-order valence-corrected chi connectivity index (χ2v) is 7.56. The highest BCUT2D eigenvalue weighted by molar-refractivity contribution is 5.74. The Hall–Kier alpha value is -2.81. The first-order valence-corrected chi connectivity index (χ1v) is 9.98. The van der Waals surface area contributed by atoms with Crippen LogP contribution in [-0.2, 0) is 6.54 Å². The van der Waals surface area contributed by atoms with E-state index in [1.807, 2.05) is 18.5 Å². The standard InChI is InChI=1S/C19H24N8O/c1-2-6-15(5-1)21-18-19(23-17-16(22-18)24-28-25-17)27-10-8-26(9-11-27)13-14-4-3-7-20-12-14/h3-4,7,12,15H,1-2,5-6,8-11,13H2,(H,21,22,24). The van der Waals surface area contributed by atoms with Crippen molar-refractivity contribution in [2.24, 2.45) is 0 Å². The number of nitrogens with zero attached hydrogens (tertiary/aromatic N) is 7. The molecule has 5 rings (SSSR count). The topological polar surface area (TPSA) is 96.1 Å². The summed E-state index contributed by atoms with van der Waals surface area (Å²) < 4.78 is 4.83. The molecule has 2 aliphatic rings. The van der Waals surface area contributed by atoms with Gasteiger partial charge in [0.2, 0.25) is 11.3 Å². The molecule has 3 aromatic heterocycles. The molecule has 9 nitrogen and oxygen atoms in total. The number of rotatable bonds is 5. The van der Waals surface area contributed by atoms with E-state index >= 15 is 0 Å². The Balaban J connectivity index is 1.32. The summed E-state index contributed by atoms with van der Waals surface area (Å²) in [6.45, 7) is 4.64. The molecule has 0 amide bonds. The first-order chi connectivity index (χ1) is 13.8. The molecule has 1 saturated carbocycles. The number of hydrogen-bond donors (Lipinski definition) is 1. The number of nitrogens with one attached hydrogen (secondary N) is 1. The van der Waals surface area contributed by atoms with E-state index in [1.54, 1.807) is 0 Å². The highest BCUT2D eigenvalue weighted by atomic mass is 16.6. The Labute approximate surface area is 163 Å². The summed E-state index contributed by atoms with van der Waals surface area (Å²) in [5.74, 6) is 1.66. The molecular formula is C19H24N8O. The van der Waals surface area contributed by atoms with Gasteiger partial charge in [-0.05, 0) is 34.8 Å². The van der Waals surface area contributed by atoms with Gasteiger partial charge in [0.25, 0.3) is 0 Å². The van der Waals surface area contributed by atoms with Crippen molar-refractivity contribution >= 4 is 22.9 Å². The van der Waals surface area contributed by atoms with Crippen molar-refractivity contribution in [2.45, 2.75) is 38.3 Å². The van der Waals surface area contributed by atoms with Gasteiger partial charge in [-0.2, -0.15) is 0 Å². The van der Waals surface area contributed by atoms with Crippen molar-refractivity contribution in [3.63, 3.8) is 0 Å². The second kappa shape index (κ2) is 7.67. The zero-order chi connectivity index (χ0) is 18.8. The van der Waals surface area contributed by atoms with E-state index in [0.717, 1.165) is 44.4 Å². The molecule has 146 valence electrons. The van der Waals surface area contributed by atoms with Crippen LogP contribution >= 0.6 is 0 Å². The highest BCUT2D eigenvalue weighted by Crippen LogP contribution is 2.29. The zero-order valence-corrected chi connectivity index (χ0v) is 15.8. The molecule has 0 unspecified atom stereocenters. The Morgan fingerprint density at radius 1 is 1.04 bits per heavy atom. The maximum absolute atomic E-state index is 4.83. The summed E-state index contributed by atoms with van der Waals surface area (Å²) in [4.78, 5) is 18.3. The van der Waals surface area contributed by atoms with Gasteiger partial charge in [0, 0.05) is 51.2 Å². The Kier molecular flexibility index (Phi) is 4.74. The smallest absolute Gasteiger partial charge is 0.245 e. The molecule has 1 N–H and O–H groups in total. The maximum atomic E-state index is 4.83. The van der Waals surface area contributed by atoms with Crippen molar-refractivity contribution in [1.29, 1.82) is 0 Å². The normalized spacial score (nSPS) is 18.8. The molecule has 0 spiro atoms. The van der Waals surface area contributed by atoms with Crippen LogP contribution in [0.25, 0.3) is 11.3 Å². The Morgan fingerprint density at radius 2 is 1.82 bits per heavy atom. The summed E-state index contributed by atoms with van der Waals surface area (Å²) in [7, 11) is 0. The first-order valence-electron chi connectivity index (χ1n) is 9.98. The first kappa shape index (κ1) is 17.3. The number of fused-ring (bicyclic) bond motifs is 1. The minimum absolute atomic E-state index is 0.456. The average molecular weight is 380 g/mol. The lowest BCUT2D eigenvalue weighted by molar-refractivity contribution is 0.249. The third kappa shape index (κ3) is 3.62. The van der Waals surface area contributed by atoms with Crippen LogP contribution in [0.2, 0.25) is 0 Å². The molecule has 3 aromatic rings. The van der Waals surface area contributed by atoms with Gasteiger partial charge in [-0.15, -0.1) is 0 Å². The van der Waals surface area contributed by atoms with Gasteiger partial charge in [-0.3, -0.25) is 9.88 Å². The predicted octanol–water partition coefficient (Wildman–Crippen LogP) is 2.08. The number of anilines is 2. The van der Waals surface area contributed by atoms with Gasteiger partial charge in [0.15, 0.2) is 11.6 Å². The molecule has 1 aliphatic heterocycles.